The molecule has 6 nitrogen and oxygen atoms in total. The Bertz CT molecular complexity index is 593. The molecule has 0 spiro atoms. The molecule has 3 rings (SSSR count). The first-order chi connectivity index (χ1) is 11.7. The number of nitrogens with zero attached hydrogens (tertiary/aromatic N) is 2. The average molecular weight is 331 g/mol. The first kappa shape index (κ1) is 16.9. The van der Waals surface area contributed by atoms with Gasteiger partial charge < -0.3 is 15.0 Å². The Morgan fingerprint density at radius 1 is 1.21 bits per heavy atom. The molecular formula is C18H25N3O3. The second-order valence-electron chi connectivity index (χ2n) is 6.54. The summed E-state index contributed by atoms with van der Waals surface area (Å²) in [6, 6.07) is 7.98. The average Bonchev–Trinajstić information content (AvgIpc) is 3.39. The van der Waals surface area contributed by atoms with Crippen LogP contribution in [-0.4, -0.2) is 67.5 Å². The Hall–Kier alpha value is -1.92. The molecule has 2 fully saturated rings. The highest BCUT2D eigenvalue weighted by Gasteiger charge is 2.26. The van der Waals surface area contributed by atoms with Gasteiger partial charge in [0.15, 0.2) is 0 Å². The summed E-state index contributed by atoms with van der Waals surface area (Å²) in [5, 5.41) is 3.01. The van der Waals surface area contributed by atoms with Crippen LogP contribution in [-0.2, 0) is 16.1 Å². The molecule has 1 aromatic rings. The minimum absolute atomic E-state index is 0.0510. The van der Waals surface area contributed by atoms with Gasteiger partial charge in [-0.1, -0.05) is 12.1 Å². The van der Waals surface area contributed by atoms with Crippen LogP contribution in [0.3, 0.4) is 0 Å². The molecule has 0 unspecified atom stereocenters. The number of rotatable bonds is 6. The van der Waals surface area contributed by atoms with E-state index in [-0.39, 0.29) is 11.8 Å². The van der Waals surface area contributed by atoms with Crippen molar-refractivity contribution in [3.05, 3.63) is 35.4 Å². The standard InChI is InChI=1S/C18H25N3O3/c1-24-13-14-3-2-4-15(11-14)18(23)21-9-7-20(8-10-21)12-17(22)19-16-5-6-16/h2-4,11,16H,5-10,12-13H2,1H3,(H,19,22). The van der Waals surface area contributed by atoms with E-state index in [1.165, 1.54) is 0 Å². The molecule has 1 aromatic carbocycles. The van der Waals surface area contributed by atoms with Crippen LogP contribution in [0.2, 0.25) is 0 Å². The summed E-state index contributed by atoms with van der Waals surface area (Å²) in [5.41, 5.74) is 1.70. The Balaban J connectivity index is 1.49. The summed E-state index contributed by atoms with van der Waals surface area (Å²) in [6.07, 6.45) is 2.21. The van der Waals surface area contributed by atoms with Crippen molar-refractivity contribution in [3.63, 3.8) is 0 Å². The van der Waals surface area contributed by atoms with Crippen molar-refractivity contribution in [2.75, 3.05) is 39.8 Å². The van der Waals surface area contributed by atoms with Gasteiger partial charge in [0.1, 0.15) is 0 Å². The molecule has 2 aliphatic rings. The smallest absolute Gasteiger partial charge is 0.253 e. The molecule has 0 radical (unpaired) electrons. The zero-order chi connectivity index (χ0) is 16.9. The molecule has 6 heteroatoms. The van der Waals surface area contributed by atoms with Crippen molar-refractivity contribution in [2.24, 2.45) is 0 Å². The number of carbonyl (C=O) groups is 2. The zero-order valence-electron chi connectivity index (χ0n) is 14.2. The van der Waals surface area contributed by atoms with Crippen LogP contribution in [0.5, 0.6) is 0 Å². The summed E-state index contributed by atoms with van der Waals surface area (Å²) < 4.78 is 5.12. The SMILES string of the molecule is COCc1cccc(C(=O)N2CCN(CC(=O)NC3CC3)CC2)c1. The second-order valence-corrected chi connectivity index (χ2v) is 6.54. The van der Waals surface area contributed by atoms with E-state index in [0.717, 1.165) is 31.5 Å². The largest absolute Gasteiger partial charge is 0.380 e. The van der Waals surface area contributed by atoms with E-state index < -0.39 is 0 Å². The number of nitrogens with one attached hydrogen (secondary N) is 1. The van der Waals surface area contributed by atoms with Crippen LogP contribution in [0, 0.1) is 0 Å². The van der Waals surface area contributed by atoms with Crippen molar-refractivity contribution in [2.45, 2.75) is 25.5 Å². The molecule has 0 aromatic heterocycles. The monoisotopic (exact) mass is 331 g/mol. The number of methoxy groups -OCH3 is 1. The highest BCUT2D eigenvalue weighted by atomic mass is 16.5. The molecule has 0 bridgehead atoms. The Morgan fingerprint density at radius 3 is 2.62 bits per heavy atom. The maximum absolute atomic E-state index is 12.6. The highest BCUT2D eigenvalue weighted by molar-refractivity contribution is 5.94. The molecule has 1 saturated heterocycles. The first-order valence-electron chi connectivity index (χ1n) is 8.54. The third-order valence-corrected chi connectivity index (χ3v) is 4.45. The lowest BCUT2D eigenvalue weighted by atomic mass is 10.1. The van der Waals surface area contributed by atoms with E-state index in [1.54, 1.807) is 7.11 Å². The van der Waals surface area contributed by atoms with Gasteiger partial charge in [0.2, 0.25) is 5.91 Å². The minimum atomic E-state index is 0.0510. The van der Waals surface area contributed by atoms with Gasteiger partial charge in [0.25, 0.3) is 5.91 Å². The molecule has 1 aliphatic carbocycles. The van der Waals surface area contributed by atoms with Crippen LogP contribution in [0.25, 0.3) is 0 Å². The normalized spacial score (nSPS) is 18.5. The van der Waals surface area contributed by atoms with Crippen molar-refractivity contribution >= 4 is 11.8 Å². The Kier molecular flexibility index (Phi) is 5.48. The van der Waals surface area contributed by atoms with Crippen molar-refractivity contribution < 1.29 is 14.3 Å². The fourth-order valence-electron chi connectivity index (χ4n) is 2.96. The molecule has 2 amide bonds. The van der Waals surface area contributed by atoms with Gasteiger partial charge in [-0.2, -0.15) is 0 Å². The van der Waals surface area contributed by atoms with Gasteiger partial charge >= 0.3 is 0 Å². The second kappa shape index (κ2) is 7.77. The van der Waals surface area contributed by atoms with E-state index in [1.807, 2.05) is 29.2 Å². The van der Waals surface area contributed by atoms with Crippen molar-refractivity contribution in [1.29, 1.82) is 0 Å². The lowest BCUT2D eigenvalue weighted by Gasteiger charge is -2.34. The van der Waals surface area contributed by atoms with E-state index in [0.29, 0.717) is 37.8 Å². The summed E-state index contributed by atoms with van der Waals surface area (Å²) >= 11 is 0. The number of benzene rings is 1. The molecule has 0 atom stereocenters. The predicted molar refractivity (Wildman–Crippen MR) is 90.7 cm³/mol. The fourth-order valence-corrected chi connectivity index (χ4v) is 2.96. The number of piperazine rings is 1. The van der Waals surface area contributed by atoms with Gasteiger partial charge in [0.05, 0.1) is 13.2 Å². The van der Waals surface area contributed by atoms with Crippen LogP contribution >= 0.6 is 0 Å². The lowest BCUT2D eigenvalue weighted by Crippen LogP contribution is -2.51. The Morgan fingerprint density at radius 2 is 1.96 bits per heavy atom. The third kappa shape index (κ3) is 4.55. The Labute approximate surface area is 142 Å². The lowest BCUT2D eigenvalue weighted by molar-refractivity contribution is -0.122. The minimum Gasteiger partial charge on any atom is -0.380 e. The molecular weight excluding hydrogens is 306 g/mol. The zero-order valence-corrected chi connectivity index (χ0v) is 14.2. The summed E-state index contributed by atoms with van der Waals surface area (Å²) in [5.74, 6) is 0.152. The topological polar surface area (TPSA) is 61.9 Å². The molecule has 1 heterocycles. The molecule has 1 saturated carbocycles. The van der Waals surface area contributed by atoms with Gasteiger partial charge in [-0.05, 0) is 30.5 Å². The molecule has 1 aliphatic heterocycles. The number of carbonyl (C=O) groups excluding carboxylic acids is 2. The van der Waals surface area contributed by atoms with E-state index in [4.69, 9.17) is 4.74 Å². The van der Waals surface area contributed by atoms with Crippen LogP contribution in [0.15, 0.2) is 24.3 Å². The van der Waals surface area contributed by atoms with E-state index >= 15 is 0 Å². The van der Waals surface area contributed by atoms with Crippen LogP contribution < -0.4 is 5.32 Å². The number of amides is 2. The van der Waals surface area contributed by atoms with Crippen molar-refractivity contribution in [3.8, 4) is 0 Å². The molecule has 1 N–H and O–H groups in total. The number of hydrogen-bond acceptors (Lipinski definition) is 4. The fraction of sp³-hybridized carbons (Fsp3) is 0.556. The quantitative estimate of drug-likeness (QED) is 0.840. The van der Waals surface area contributed by atoms with E-state index in [2.05, 4.69) is 10.2 Å². The summed E-state index contributed by atoms with van der Waals surface area (Å²) in [4.78, 5) is 28.5. The van der Waals surface area contributed by atoms with Crippen LogP contribution in [0.1, 0.15) is 28.8 Å². The maximum Gasteiger partial charge on any atom is 0.253 e. The van der Waals surface area contributed by atoms with E-state index in [9.17, 15) is 9.59 Å². The third-order valence-electron chi connectivity index (χ3n) is 4.45. The molecule has 130 valence electrons. The van der Waals surface area contributed by atoms with Crippen molar-refractivity contribution in [1.82, 2.24) is 15.1 Å². The van der Waals surface area contributed by atoms with Gasteiger partial charge in [-0.15, -0.1) is 0 Å². The van der Waals surface area contributed by atoms with Gasteiger partial charge in [0, 0.05) is 44.9 Å². The predicted octanol–water partition coefficient (Wildman–Crippen LogP) is 0.869. The summed E-state index contributed by atoms with van der Waals surface area (Å²) in [7, 11) is 1.65. The van der Waals surface area contributed by atoms with Gasteiger partial charge in [-0.3, -0.25) is 14.5 Å². The summed E-state index contributed by atoms with van der Waals surface area (Å²) in [6.45, 7) is 3.73. The van der Waals surface area contributed by atoms with Gasteiger partial charge in [-0.25, -0.2) is 0 Å². The maximum atomic E-state index is 12.6. The first-order valence-corrected chi connectivity index (χ1v) is 8.54. The van der Waals surface area contributed by atoms with Crippen LogP contribution in [0.4, 0.5) is 0 Å². The molecule has 24 heavy (non-hydrogen) atoms. The number of hydrogen-bond donors (Lipinski definition) is 1. The number of ether oxygens (including phenoxy) is 1. The highest BCUT2D eigenvalue weighted by Crippen LogP contribution is 2.18.